The largest absolute Gasteiger partial charge is 0.494 e. The van der Waals surface area contributed by atoms with Crippen LogP contribution in [0.3, 0.4) is 0 Å². The van der Waals surface area contributed by atoms with Crippen LogP contribution in [0.2, 0.25) is 0 Å². The topological polar surface area (TPSA) is 9.23 Å². The Morgan fingerprint density at radius 1 is 0.594 bits per heavy atom. The summed E-state index contributed by atoms with van der Waals surface area (Å²) < 4.78 is 33.3. The van der Waals surface area contributed by atoms with Crippen molar-refractivity contribution in [1.29, 1.82) is 0 Å². The van der Waals surface area contributed by atoms with Crippen LogP contribution in [0.1, 0.15) is 26.2 Å². The van der Waals surface area contributed by atoms with Gasteiger partial charge in [0, 0.05) is 5.56 Å². The summed E-state index contributed by atoms with van der Waals surface area (Å²) in [5, 5.41) is 0. The van der Waals surface area contributed by atoms with Crippen molar-refractivity contribution in [3.63, 3.8) is 0 Å². The molecule has 32 heavy (non-hydrogen) atoms. The van der Waals surface area contributed by atoms with Crippen molar-refractivity contribution in [3.05, 3.63) is 103 Å². The molecule has 4 aromatic rings. The Kier molecular flexibility index (Phi) is 6.96. The maximum Gasteiger partial charge on any atom is 0.166 e. The van der Waals surface area contributed by atoms with Gasteiger partial charge in [0.05, 0.1) is 6.61 Å². The summed E-state index contributed by atoms with van der Waals surface area (Å²) in [4.78, 5) is 0. The molecule has 162 valence electrons. The van der Waals surface area contributed by atoms with Crippen LogP contribution in [-0.2, 0) is 0 Å². The molecule has 0 fully saturated rings. The second kappa shape index (κ2) is 10.2. The van der Waals surface area contributed by atoms with Crippen molar-refractivity contribution in [3.8, 4) is 39.1 Å². The fourth-order valence-electron chi connectivity index (χ4n) is 3.71. The molecule has 0 N–H and O–H groups in total. The molecule has 0 unspecified atom stereocenters. The number of unbranched alkanes of at least 4 members (excludes halogenated alkanes) is 2. The highest BCUT2D eigenvalue weighted by atomic mass is 19.2. The molecule has 0 saturated heterocycles. The zero-order valence-corrected chi connectivity index (χ0v) is 18.2. The lowest BCUT2D eigenvalue weighted by molar-refractivity contribution is 0.306. The quantitative estimate of drug-likeness (QED) is 0.256. The molecule has 0 aliphatic rings. The third-order valence-electron chi connectivity index (χ3n) is 5.57. The van der Waals surface area contributed by atoms with E-state index in [2.05, 4.69) is 43.3 Å². The van der Waals surface area contributed by atoms with Crippen LogP contribution in [0.5, 0.6) is 5.75 Å². The minimum atomic E-state index is -0.835. The van der Waals surface area contributed by atoms with Crippen LogP contribution in [0.15, 0.2) is 91.0 Å². The predicted octanol–water partition coefficient (Wildman–Crippen LogP) is 8.53. The summed E-state index contributed by atoms with van der Waals surface area (Å²) >= 11 is 0. The molecular weight excluding hydrogens is 402 g/mol. The molecular formula is C29H26F2O. The molecule has 3 heteroatoms. The molecule has 0 amide bonds. The summed E-state index contributed by atoms with van der Waals surface area (Å²) in [7, 11) is 0. The van der Waals surface area contributed by atoms with Crippen LogP contribution in [0, 0.1) is 11.6 Å². The number of hydrogen-bond donors (Lipinski definition) is 0. The molecule has 0 aromatic heterocycles. The van der Waals surface area contributed by atoms with Crippen LogP contribution < -0.4 is 4.74 Å². The third-order valence-corrected chi connectivity index (χ3v) is 5.57. The van der Waals surface area contributed by atoms with Gasteiger partial charge in [0.15, 0.2) is 11.6 Å². The zero-order chi connectivity index (χ0) is 22.3. The number of rotatable bonds is 8. The fourth-order valence-corrected chi connectivity index (χ4v) is 3.71. The Balaban J connectivity index is 1.45. The highest BCUT2D eigenvalue weighted by molar-refractivity contribution is 5.73. The molecule has 0 aliphatic carbocycles. The van der Waals surface area contributed by atoms with Crippen molar-refractivity contribution >= 4 is 0 Å². The number of benzene rings is 4. The van der Waals surface area contributed by atoms with Crippen molar-refractivity contribution in [1.82, 2.24) is 0 Å². The van der Waals surface area contributed by atoms with Gasteiger partial charge in [-0.15, -0.1) is 0 Å². The van der Waals surface area contributed by atoms with Gasteiger partial charge in [-0.05, 0) is 52.4 Å². The SMILES string of the molecule is CCCCCOc1ccc(-c2ccc(-c3ccc(-c4cccc(F)c4F)cc3)cc2)cc1. The van der Waals surface area contributed by atoms with E-state index < -0.39 is 11.6 Å². The van der Waals surface area contributed by atoms with Crippen LogP contribution >= 0.6 is 0 Å². The van der Waals surface area contributed by atoms with Gasteiger partial charge in [0.1, 0.15) is 5.75 Å². The molecule has 1 nitrogen and oxygen atoms in total. The van der Waals surface area contributed by atoms with E-state index in [9.17, 15) is 8.78 Å². The van der Waals surface area contributed by atoms with Gasteiger partial charge in [-0.1, -0.05) is 92.6 Å². The third kappa shape index (κ3) is 5.05. The van der Waals surface area contributed by atoms with Gasteiger partial charge >= 0.3 is 0 Å². The van der Waals surface area contributed by atoms with Crippen LogP contribution in [0.25, 0.3) is 33.4 Å². The molecule has 0 radical (unpaired) electrons. The molecule has 0 saturated carbocycles. The van der Waals surface area contributed by atoms with E-state index in [4.69, 9.17) is 4.74 Å². The lowest BCUT2D eigenvalue weighted by Gasteiger charge is -2.09. The van der Waals surface area contributed by atoms with Gasteiger partial charge in [0.25, 0.3) is 0 Å². The molecule has 0 aliphatic heterocycles. The van der Waals surface area contributed by atoms with E-state index in [1.165, 1.54) is 18.9 Å². The number of halogens is 2. The van der Waals surface area contributed by atoms with Gasteiger partial charge in [-0.2, -0.15) is 0 Å². The van der Waals surface area contributed by atoms with E-state index in [1.807, 2.05) is 36.4 Å². The first kappa shape index (κ1) is 21.8. The van der Waals surface area contributed by atoms with Crippen molar-refractivity contribution in [2.24, 2.45) is 0 Å². The second-order valence-electron chi connectivity index (χ2n) is 7.84. The summed E-state index contributed by atoms with van der Waals surface area (Å²) in [6.07, 6.45) is 3.46. The van der Waals surface area contributed by atoms with Gasteiger partial charge in [-0.3, -0.25) is 0 Å². The smallest absolute Gasteiger partial charge is 0.166 e. The van der Waals surface area contributed by atoms with Crippen LogP contribution in [0.4, 0.5) is 8.78 Å². The van der Waals surface area contributed by atoms with Crippen molar-refractivity contribution in [2.75, 3.05) is 6.61 Å². The highest BCUT2D eigenvalue weighted by Gasteiger charge is 2.10. The van der Waals surface area contributed by atoms with Gasteiger partial charge in [-0.25, -0.2) is 8.78 Å². The number of ether oxygens (including phenoxy) is 1. The first-order chi connectivity index (χ1) is 15.7. The first-order valence-electron chi connectivity index (χ1n) is 11.0. The zero-order valence-electron chi connectivity index (χ0n) is 18.2. The monoisotopic (exact) mass is 428 g/mol. The maximum atomic E-state index is 14.1. The average molecular weight is 429 g/mol. The lowest BCUT2D eigenvalue weighted by atomic mass is 9.98. The van der Waals surface area contributed by atoms with E-state index in [1.54, 1.807) is 6.07 Å². The molecule has 0 heterocycles. The summed E-state index contributed by atoms with van der Waals surface area (Å²) in [5.74, 6) is -0.753. The second-order valence-corrected chi connectivity index (χ2v) is 7.84. The predicted molar refractivity (Wildman–Crippen MR) is 128 cm³/mol. The van der Waals surface area contributed by atoms with Crippen LogP contribution in [-0.4, -0.2) is 6.61 Å². The Hall–Kier alpha value is -3.46. The van der Waals surface area contributed by atoms with Crippen molar-refractivity contribution in [2.45, 2.75) is 26.2 Å². The number of hydrogen-bond acceptors (Lipinski definition) is 1. The molecule has 0 atom stereocenters. The summed E-state index contributed by atoms with van der Waals surface area (Å²) in [6, 6.07) is 28.2. The van der Waals surface area contributed by atoms with E-state index in [0.29, 0.717) is 5.56 Å². The molecule has 4 aromatic carbocycles. The Bertz CT molecular complexity index is 1150. The standard InChI is InChI=1S/C29H26F2O/c1-2-3-4-20-32-26-18-16-24(17-19-26)22-10-8-21(9-11-22)23-12-14-25(15-13-23)27-6-5-7-28(30)29(27)31/h5-19H,2-4,20H2,1H3. The maximum absolute atomic E-state index is 14.1. The minimum absolute atomic E-state index is 0.268. The van der Waals surface area contributed by atoms with Gasteiger partial charge in [0.2, 0.25) is 0 Å². The summed E-state index contributed by atoms with van der Waals surface area (Å²) in [5.41, 5.74) is 5.27. The first-order valence-corrected chi connectivity index (χ1v) is 11.0. The Morgan fingerprint density at radius 3 is 1.62 bits per heavy atom. The Morgan fingerprint density at radius 2 is 1.09 bits per heavy atom. The molecule has 0 bridgehead atoms. The summed E-state index contributed by atoms with van der Waals surface area (Å²) in [6.45, 7) is 2.94. The van der Waals surface area contributed by atoms with E-state index in [-0.39, 0.29) is 5.56 Å². The van der Waals surface area contributed by atoms with E-state index >= 15 is 0 Å². The fraction of sp³-hybridized carbons (Fsp3) is 0.172. The normalized spacial score (nSPS) is 10.8. The minimum Gasteiger partial charge on any atom is -0.494 e. The molecule has 4 rings (SSSR count). The lowest BCUT2D eigenvalue weighted by Crippen LogP contribution is -1.96. The van der Waals surface area contributed by atoms with Crippen molar-refractivity contribution < 1.29 is 13.5 Å². The van der Waals surface area contributed by atoms with Gasteiger partial charge < -0.3 is 4.74 Å². The average Bonchev–Trinajstić information content (AvgIpc) is 2.84. The Labute approximate surface area is 188 Å². The highest BCUT2D eigenvalue weighted by Crippen LogP contribution is 2.29. The molecule has 0 spiro atoms. The van der Waals surface area contributed by atoms with E-state index in [0.717, 1.165) is 47.1 Å².